The third-order valence-electron chi connectivity index (χ3n) is 1.90. The molecule has 0 aliphatic rings. The molecule has 0 aromatic heterocycles. The van der Waals surface area contributed by atoms with Crippen molar-refractivity contribution in [2.45, 2.75) is 19.4 Å². The lowest BCUT2D eigenvalue weighted by Crippen LogP contribution is -1.95. The van der Waals surface area contributed by atoms with Crippen molar-refractivity contribution in [2.24, 2.45) is 0 Å². The fourth-order valence-electron chi connectivity index (χ4n) is 1.19. The highest BCUT2D eigenvalue weighted by Gasteiger charge is 2.02. The Morgan fingerprint density at radius 2 is 2.00 bits per heavy atom. The van der Waals surface area contributed by atoms with Crippen LogP contribution in [0.1, 0.15) is 17.5 Å². The molecule has 72 valence electrons. The largest absolute Gasteiger partial charge is 0.396 e. The molecule has 0 heterocycles. The highest BCUT2D eigenvalue weighted by molar-refractivity contribution is 5.24. The molecule has 1 aromatic carbocycles. The zero-order chi connectivity index (χ0) is 9.68. The van der Waals surface area contributed by atoms with E-state index in [-0.39, 0.29) is 19.0 Å². The number of aliphatic hydroxyl groups is 2. The average molecular weight is 184 g/mol. The monoisotopic (exact) mass is 184 g/mol. The summed E-state index contributed by atoms with van der Waals surface area (Å²) in [5.41, 5.74) is 1.26. The lowest BCUT2D eigenvalue weighted by Gasteiger charge is -2.03. The molecule has 0 aliphatic carbocycles. The van der Waals surface area contributed by atoms with E-state index in [0.717, 1.165) is 0 Å². The van der Waals surface area contributed by atoms with Crippen LogP contribution in [-0.4, -0.2) is 16.8 Å². The van der Waals surface area contributed by atoms with Crippen LogP contribution in [0.3, 0.4) is 0 Å². The maximum absolute atomic E-state index is 13.1. The summed E-state index contributed by atoms with van der Waals surface area (Å²) in [6.07, 6.45) is 1.06. The first-order valence-electron chi connectivity index (χ1n) is 4.27. The van der Waals surface area contributed by atoms with E-state index in [1.54, 1.807) is 12.1 Å². The molecule has 0 saturated heterocycles. The van der Waals surface area contributed by atoms with E-state index in [9.17, 15) is 4.39 Å². The minimum absolute atomic E-state index is 0.0583. The summed E-state index contributed by atoms with van der Waals surface area (Å²) in [6.45, 7) is -0.0187. The van der Waals surface area contributed by atoms with E-state index in [1.807, 2.05) is 0 Å². The summed E-state index contributed by atoms with van der Waals surface area (Å²) in [7, 11) is 0. The zero-order valence-electron chi connectivity index (χ0n) is 7.33. The van der Waals surface area contributed by atoms with E-state index in [0.29, 0.717) is 24.0 Å². The SMILES string of the molecule is OCCCc1cc(CO)ccc1F. The van der Waals surface area contributed by atoms with Crippen LogP contribution in [-0.2, 0) is 13.0 Å². The van der Waals surface area contributed by atoms with Crippen molar-refractivity contribution in [2.75, 3.05) is 6.61 Å². The molecule has 0 fully saturated rings. The topological polar surface area (TPSA) is 40.5 Å². The molecule has 2 nitrogen and oxygen atoms in total. The molecule has 0 amide bonds. The Kier molecular flexibility index (Phi) is 3.86. The molecule has 0 unspecified atom stereocenters. The van der Waals surface area contributed by atoms with Gasteiger partial charge in [0.25, 0.3) is 0 Å². The van der Waals surface area contributed by atoms with Gasteiger partial charge in [-0.05, 0) is 30.0 Å². The molecular formula is C10H13FO2. The molecule has 0 spiro atoms. The molecule has 13 heavy (non-hydrogen) atoms. The number of halogens is 1. The van der Waals surface area contributed by atoms with E-state index in [1.165, 1.54) is 6.07 Å². The third-order valence-corrected chi connectivity index (χ3v) is 1.90. The normalized spacial score (nSPS) is 10.4. The second-order valence-corrected chi connectivity index (χ2v) is 2.91. The first-order chi connectivity index (χ1) is 6.27. The summed E-state index contributed by atoms with van der Waals surface area (Å²) in [6, 6.07) is 4.53. The first kappa shape index (κ1) is 10.2. The maximum atomic E-state index is 13.1. The first-order valence-corrected chi connectivity index (χ1v) is 4.27. The Labute approximate surface area is 76.6 Å². The van der Waals surface area contributed by atoms with Crippen molar-refractivity contribution in [3.05, 3.63) is 35.1 Å². The predicted molar refractivity (Wildman–Crippen MR) is 47.7 cm³/mol. The van der Waals surface area contributed by atoms with Crippen molar-refractivity contribution < 1.29 is 14.6 Å². The van der Waals surface area contributed by atoms with Gasteiger partial charge in [-0.15, -0.1) is 0 Å². The van der Waals surface area contributed by atoms with E-state index in [4.69, 9.17) is 10.2 Å². The fourth-order valence-corrected chi connectivity index (χ4v) is 1.19. The quantitative estimate of drug-likeness (QED) is 0.739. The van der Waals surface area contributed by atoms with Crippen LogP contribution in [0.25, 0.3) is 0 Å². The van der Waals surface area contributed by atoms with Crippen molar-refractivity contribution >= 4 is 0 Å². The van der Waals surface area contributed by atoms with E-state index < -0.39 is 0 Å². The van der Waals surface area contributed by atoms with Crippen LogP contribution in [0.4, 0.5) is 4.39 Å². The number of hydrogen-bond acceptors (Lipinski definition) is 2. The molecule has 3 heteroatoms. The summed E-state index contributed by atoms with van der Waals surface area (Å²) < 4.78 is 13.1. The molecule has 1 rings (SSSR count). The average Bonchev–Trinajstić information content (AvgIpc) is 2.17. The van der Waals surface area contributed by atoms with Gasteiger partial charge in [-0.25, -0.2) is 4.39 Å². The highest BCUT2D eigenvalue weighted by Crippen LogP contribution is 2.12. The lowest BCUT2D eigenvalue weighted by molar-refractivity contribution is 0.281. The van der Waals surface area contributed by atoms with Crippen LogP contribution >= 0.6 is 0 Å². The van der Waals surface area contributed by atoms with Gasteiger partial charge in [0.1, 0.15) is 5.82 Å². The molecule has 0 bridgehead atoms. The number of benzene rings is 1. The van der Waals surface area contributed by atoms with Gasteiger partial charge < -0.3 is 10.2 Å². The molecule has 2 N–H and O–H groups in total. The Morgan fingerprint density at radius 1 is 1.23 bits per heavy atom. The van der Waals surface area contributed by atoms with Gasteiger partial charge in [0.2, 0.25) is 0 Å². The molecule has 0 saturated carbocycles. The summed E-state index contributed by atoms with van der Waals surface area (Å²) in [4.78, 5) is 0. The van der Waals surface area contributed by atoms with Crippen LogP contribution < -0.4 is 0 Å². The van der Waals surface area contributed by atoms with Crippen molar-refractivity contribution in [3.8, 4) is 0 Å². The molecular weight excluding hydrogens is 171 g/mol. The van der Waals surface area contributed by atoms with Gasteiger partial charge in [-0.3, -0.25) is 0 Å². The van der Waals surface area contributed by atoms with Crippen LogP contribution in [0.5, 0.6) is 0 Å². The maximum Gasteiger partial charge on any atom is 0.126 e. The Bertz CT molecular complexity index is 274. The Balaban J connectivity index is 2.78. The van der Waals surface area contributed by atoms with E-state index in [2.05, 4.69) is 0 Å². The lowest BCUT2D eigenvalue weighted by atomic mass is 10.1. The molecule has 0 aliphatic heterocycles. The number of hydrogen-bond donors (Lipinski definition) is 2. The van der Waals surface area contributed by atoms with Gasteiger partial charge in [-0.1, -0.05) is 12.1 Å². The number of rotatable bonds is 4. The summed E-state index contributed by atoms with van der Waals surface area (Å²) in [5, 5.41) is 17.4. The standard InChI is InChI=1S/C10H13FO2/c11-10-4-3-8(7-13)6-9(10)2-1-5-12/h3-4,6,12-13H,1-2,5,7H2. The van der Waals surface area contributed by atoms with Crippen LogP contribution in [0, 0.1) is 5.82 Å². The summed E-state index contributed by atoms with van der Waals surface area (Å²) >= 11 is 0. The second kappa shape index (κ2) is 4.94. The van der Waals surface area contributed by atoms with Crippen LogP contribution in [0.15, 0.2) is 18.2 Å². The Morgan fingerprint density at radius 3 is 2.62 bits per heavy atom. The van der Waals surface area contributed by atoms with Crippen molar-refractivity contribution in [1.29, 1.82) is 0 Å². The molecule has 1 aromatic rings. The van der Waals surface area contributed by atoms with Gasteiger partial charge in [0.05, 0.1) is 6.61 Å². The minimum Gasteiger partial charge on any atom is -0.396 e. The van der Waals surface area contributed by atoms with Gasteiger partial charge in [-0.2, -0.15) is 0 Å². The van der Waals surface area contributed by atoms with E-state index >= 15 is 0 Å². The van der Waals surface area contributed by atoms with Crippen LogP contribution in [0.2, 0.25) is 0 Å². The van der Waals surface area contributed by atoms with Gasteiger partial charge in [0.15, 0.2) is 0 Å². The highest BCUT2D eigenvalue weighted by atomic mass is 19.1. The predicted octanol–water partition coefficient (Wildman–Crippen LogP) is 1.24. The number of aryl methyl sites for hydroxylation is 1. The minimum atomic E-state index is -0.273. The molecule has 0 radical (unpaired) electrons. The Hall–Kier alpha value is -0.930. The third kappa shape index (κ3) is 2.79. The fraction of sp³-hybridized carbons (Fsp3) is 0.400. The number of aliphatic hydroxyl groups excluding tert-OH is 2. The summed E-state index contributed by atoms with van der Waals surface area (Å²) in [5.74, 6) is -0.273. The smallest absolute Gasteiger partial charge is 0.126 e. The van der Waals surface area contributed by atoms with Crippen molar-refractivity contribution in [1.82, 2.24) is 0 Å². The van der Waals surface area contributed by atoms with Gasteiger partial charge in [0, 0.05) is 6.61 Å². The van der Waals surface area contributed by atoms with Gasteiger partial charge >= 0.3 is 0 Å². The molecule has 0 atom stereocenters. The second-order valence-electron chi connectivity index (χ2n) is 2.91. The van der Waals surface area contributed by atoms with Crippen molar-refractivity contribution in [3.63, 3.8) is 0 Å². The zero-order valence-corrected chi connectivity index (χ0v) is 7.33.